The average molecular weight is 250 g/mol. The first kappa shape index (κ1) is 9.75. The Balaban J connectivity index is 0.000000371. The van der Waals surface area contributed by atoms with E-state index in [2.05, 4.69) is 22.6 Å². The van der Waals surface area contributed by atoms with E-state index < -0.39 is 0 Å². The molecule has 0 bridgehead atoms. The summed E-state index contributed by atoms with van der Waals surface area (Å²) >= 11 is 2.15. The van der Waals surface area contributed by atoms with Crippen molar-refractivity contribution in [3.8, 4) is 5.75 Å². The highest BCUT2D eigenvalue weighted by atomic mass is 127. The molecule has 1 aromatic carbocycles. The summed E-state index contributed by atoms with van der Waals surface area (Å²) in [5.74, 6) is 0.329. The molecule has 1 rings (SSSR count). The highest BCUT2D eigenvalue weighted by Crippen LogP contribution is 2.07. The van der Waals surface area contributed by atoms with Gasteiger partial charge in [0, 0.05) is 0 Å². The summed E-state index contributed by atoms with van der Waals surface area (Å²) in [6, 6.07) is 7.09. The van der Waals surface area contributed by atoms with Crippen molar-refractivity contribution in [2.45, 2.75) is 6.92 Å². The molecule has 0 heterocycles. The number of phenolic OH excluding ortho intramolecular Hbond substituents is 1. The molecule has 10 heavy (non-hydrogen) atoms. The molecule has 1 N–H and O–H groups in total. The molecule has 0 spiro atoms. The van der Waals surface area contributed by atoms with Crippen LogP contribution in [0.25, 0.3) is 0 Å². The lowest BCUT2D eigenvalue weighted by molar-refractivity contribution is 0.475. The van der Waals surface area contributed by atoms with E-state index in [1.54, 1.807) is 12.1 Å². The quantitative estimate of drug-likeness (QED) is 0.554. The van der Waals surface area contributed by atoms with Gasteiger partial charge in [0.25, 0.3) is 0 Å². The van der Waals surface area contributed by atoms with E-state index in [0.717, 1.165) is 0 Å². The van der Waals surface area contributed by atoms with Gasteiger partial charge in [-0.25, -0.2) is 0 Å². The Hall–Kier alpha value is -0.250. The molecule has 0 unspecified atom stereocenters. The second kappa shape index (κ2) is 5.53. The lowest BCUT2D eigenvalue weighted by Crippen LogP contribution is -1.66. The fraction of sp³-hybridized carbons (Fsp3) is 0.250. The maximum atomic E-state index is 8.76. The van der Waals surface area contributed by atoms with Gasteiger partial charge in [0.15, 0.2) is 0 Å². The number of alkyl halides is 1. The molecular formula is C8H11IO. The van der Waals surface area contributed by atoms with E-state index in [0.29, 0.717) is 5.75 Å². The summed E-state index contributed by atoms with van der Waals surface area (Å²) in [4.78, 5) is 1.97. The normalized spacial score (nSPS) is 7.90. The van der Waals surface area contributed by atoms with E-state index in [1.165, 1.54) is 5.56 Å². The predicted octanol–water partition coefficient (Wildman–Crippen LogP) is 2.75. The van der Waals surface area contributed by atoms with E-state index in [4.69, 9.17) is 5.11 Å². The fourth-order valence-electron chi connectivity index (χ4n) is 0.545. The molecule has 0 saturated heterocycles. The van der Waals surface area contributed by atoms with Gasteiger partial charge in [-0.2, -0.15) is 0 Å². The van der Waals surface area contributed by atoms with Crippen molar-refractivity contribution in [2.75, 3.05) is 4.93 Å². The highest BCUT2D eigenvalue weighted by Gasteiger charge is 1.82. The van der Waals surface area contributed by atoms with Crippen LogP contribution < -0.4 is 0 Å². The third-order valence-electron chi connectivity index (χ3n) is 1.03. The molecule has 0 aliphatic carbocycles. The first-order valence-electron chi connectivity index (χ1n) is 2.92. The summed E-state index contributed by atoms with van der Waals surface area (Å²) in [5, 5.41) is 8.76. The van der Waals surface area contributed by atoms with Crippen molar-refractivity contribution < 1.29 is 5.11 Å². The monoisotopic (exact) mass is 250 g/mol. The van der Waals surface area contributed by atoms with Crippen molar-refractivity contribution >= 4 is 22.6 Å². The Morgan fingerprint density at radius 2 is 1.50 bits per heavy atom. The zero-order valence-corrected chi connectivity index (χ0v) is 8.29. The zero-order chi connectivity index (χ0) is 7.98. The van der Waals surface area contributed by atoms with E-state index in [9.17, 15) is 0 Å². The number of phenols is 1. The minimum Gasteiger partial charge on any atom is -0.508 e. The first-order valence-corrected chi connectivity index (χ1v) is 5.08. The van der Waals surface area contributed by atoms with Crippen molar-refractivity contribution in [2.24, 2.45) is 0 Å². The van der Waals surface area contributed by atoms with Crippen molar-refractivity contribution in [1.82, 2.24) is 0 Å². The molecule has 0 fully saturated rings. The van der Waals surface area contributed by atoms with Crippen LogP contribution in [0.3, 0.4) is 0 Å². The molecule has 0 aliphatic rings. The second-order valence-corrected chi connectivity index (χ2v) is 1.84. The van der Waals surface area contributed by atoms with Crippen molar-refractivity contribution in [3.05, 3.63) is 29.8 Å². The third kappa shape index (κ3) is 3.71. The number of hydrogen-bond donors (Lipinski definition) is 1. The SMILES string of the molecule is CI.Cc1ccc(O)cc1. The minimum absolute atomic E-state index is 0.329. The van der Waals surface area contributed by atoms with Gasteiger partial charge in [0.05, 0.1) is 0 Å². The smallest absolute Gasteiger partial charge is 0.115 e. The molecule has 1 nitrogen and oxygen atoms in total. The predicted molar refractivity (Wildman–Crippen MR) is 52.8 cm³/mol. The Bertz CT molecular complexity index is 148. The van der Waals surface area contributed by atoms with Crippen LogP contribution in [0.1, 0.15) is 5.56 Å². The summed E-state index contributed by atoms with van der Waals surface area (Å²) in [6.07, 6.45) is 0. The van der Waals surface area contributed by atoms with Gasteiger partial charge in [0.1, 0.15) is 5.75 Å². The van der Waals surface area contributed by atoms with Crippen LogP contribution in [0, 0.1) is 6.92 Å². The average Bonchev–Trinajstić information content (AvgIpc) is 2.00. The van der Waals surface area contributed by atoms with Gasteiger partial charge < -0.3 is 5.11 Å². The van der Waals surface area contributed by atoms with Crippen molar-refractivity contribution in [3.63, 3.8) is 0 Å². The summed E-state index contributed by atoms with van der Waals surface area (Å²) in [5.41, 5.74) is 1.17. The Morgan fingerprint density at radius 1 is 1.10 bits per heavy atom. The lowest BCUT2D eigenvalue weighted by Gasteiger charge is -1.89. The van der Waals surface area contributed by atoms with Gasteiger partial charge >= 0.3 is 0 Å². The van der Waals surface area contributed by atoms with Gasteiger partial charge in [0.2, 0.25) is 0 Å². The summed E-state index contributed by atoms with van der Waals surface area (Å²) < 4.78 is 0. The molecule has 0 saturated carbocycles. The number of halogens is 1. The molecule has 56 valence electrons. The zero-order valence-electron chi connectivity index (χ0n) is 6.13. The van der Waals surface area contributed by atoms with Crippen LogP contribution in [-0.4, -0.2) is 10.0 Å². The maximum absolute atomic E-state index is 8.76. The molecular weight excluding hydrogens is 239 g/mol. The molecule has 0 aromatic heterocycles. The number of hydrogen-bond acceptors (Lipinski definition) is 1. The number of rotatable bonds is 0. The van der Waals surface area contributed by atoms with Gasteiger partial charge in [-0.15, -0.1) is 0 Å². The fourth-order valence-corrected chi connectivity index (χ4v) is 0.545. The highest BCUT2D eigenvalue weighted by molar-refractivity contribution is 14.1. The van der Waals surface area contributed by atoms with E-state index >= 15 is 0 Å². The molecule has 0 aliphatic heterocycles. The minimum atomic E-state index is 0.329. The van der Waals surface area contributed by atoms with Crippen LogP contribution in [0.4, 0.5) is 0 Å². The molecule has 0 radical (unpaired) electrons. The van der Waals surface area contributed by atoms with Crippen LogP contribution in [0.5, 0.6) is 5.75 Å². The third-order valence-corrected chi connectivity index (χ3v) is 1.03. The Morgan fingerprint density at radius 3 is 1.80 bits per heavy atom. The van der Waals surface area contributed by atoms with Crippen LogP contribution >= 0.6 is 22.6 Å². The largest absolute Gasteiger partial charge is 0.508 e. The van der Waals surface area contributed by atoms with E-state index in [-0.39, 0.29) is 0 Å². The molecule has 2 heteroatoms. The Labute approximate surface area is 75.2 Å². The number of benzene rings is 1. The second-order valence-electron chi connectivity index (χ2n) is 1.84. The summed E-state index contributed by atoms with van der Waals surface area (Å²) in [6.45, 7) is 1.99. The molecule has 0 atom stereocenters. The standard InChI is InChI=1S/C7H8O.CH3I/c1-6-2-4-7(8)5-3-6;1-2/h2-5,8H,1H3;1H3. The first-order chi connectivity index (χ1) is 4.79. The topological polar surface area (TPSA) is 20.2 Å². The maximum Gasteiger partial charge on any atom is 0.115 e. The van der Waals surface area contributed by atoms with Crippen molar-refractivity contribution in [1.29, 1.82) is 0 Å². The van der Waals surface area contributed by atoms with Crippen LogP contribution in [0.2, 0.25) is 0 Å². The van der Waals surface area contributed by atoms with Crippen LogP contribution in [0.15, 0.2) is 24.3 Å². The van der Waals surface area contributed by atoms with Gasteiger partial charge in [-0.1, -0.05) is 40.3 Å². The Kier molecular flexibility index (Phi) is 5.39. The summed E-state index contributed by atoms with van der Waals surface area (Å²) in [7, 11) is 0. The van der Waals surface area contributed by atoms with Gasteiger partial charge in [-0.3, -0.25) is 0 Å². The van der Waals surface area contributed by atoms with Crippen LogP contribution in [-0.2, 0) is 0 Å². The number of aromatic hydroxyl groups is 1. The lowest BCUT2D eigenvalue weighted by atomic mass is 10.2. The van der Waals surface area contributed by atoms with Gasteiger partial charge in [-0.05, 0) is 24.0 Å². The molecule has 0 amide bonds. The van der Waals surface area contributed by atoms with E-state index in [1.807, 2.05) is 24.0 Å². The number of aryl methyl sites for hydroxylation is 1. The molecule has 1 aromatic rings.